The second-order valence-electron chi connectivity index (χ2n) is 5.98. The summed E-state index contributed by atoms with van der Waals surface area (Å²) < 4.78 is 47.6. The van der Waals surface area contributed by atoms with Gasteiger partial charge < -0.3 is 9.47 Å². The van der Waals surface area contributed by atoms with Crippen LogP contribution in [-0.4, -0.2) is 38.6 Å². The van der Waals surface area contributed by atoms with Crippen LogP contribution in [0.4, 0.5) is 4.39 Å². The fraction of sp³-hybridized carbons (Fsp3) is 0.300. The molecule has 0 aliphatic rings. The second kappa shape index (κ2) is 9.45. The van der Waals surface area contributed by atoms with Crippen molar-refractivity contribution in [3.8, 4) is 5.75 Å². The molecule has 0 aliphatic heterocycles. The normalized spacial score (nSPS) is 12.2. The minimum absolute atomic E-state index is 0.0831. The summed E-state index contributed by atoms with van der Waals surface area (Å²) in [6.45, 7) is 3.77. The summed E-state index contributed by atoms with van der Waals surface area (Å²) >= 11 is 0. The molecule has 0 aliphatic carbocycles. The molecule has 0 unspecified atom stereocenters. The van der Waals surface area contributed by atoms with Crippen LogP contribution in [0.25, 0.3) is 0 Å². The van der Waals surface area contributed by atoms with Gasteiger partial charge in [-0.3, -0.25) is 9.59 Å². The maximum atomic E-state index is 12.9. The number of ether oxygens (including phenoxy) is 2. The Labute approximate surface area is 163 Å². The van der Waals surface area contributed by atoms with Gasteiger partial charge in [0, 0.05) is 5.56 Å². The van der Waals surface area contributed by atoms with Gasteiger partial charge in [0.1, 0.15) is 11.6 Å². The van der Waals surface area contributed by atoms with E-state index in [1.807, 2.05) is 6.92 Å². The van der Waals surface area contributed by atoms with Gasteiger partial charge in [-0.1, -0.05) is 0 Å². The van der Waals surface area contributed by atoms with Crippen molar-refractivity contribution in [1.29, 1.82) is 0 Å². The lowest BCUT2D eigenvalue weighted by Crippen LogP contribution is -2.25. The van der Waals surface area contributed by atoms with Crippen molar-refractivity contribution in [1.82, 2.24) is 0 Å². The number of rotatable bonds is 9. The SMILES string of the molecule is CCOc1ccc(C(=O)[C@@H](C)OC(=O)CCS(=O)(=O)c2ccc(F)cc2)cc1. The van der Waals surface area contributed by atoms with Gasteiger partial charge in [0.2, 0.25) is 5.78 Å². The summed E-state index contributed by atoms with van der Waals surface area (Å²) in [5.74, 6) is -1.65. The van der Waals surface area contributed by atoms with E-state index < -0.39 is 45.7 Å². The predicted molar refractivity (Wildman–Crippen MR) is 101 cm³/mol. The first-order valence-corrected chi connectivity index (χ1v) is 10.3. The molecule has 0 heterocycles. The van der Waals surface area contributed by atoms with Crippen LogP contribution >= 0.6 is 0 Å². The first kappa shape index (κ1) is 21.6. The Morgan fingerprint density at radius 2 is 1.64 bits per heavy atom. The van der Waals surface area contributed by atoms with Crippen LogP contribution in [0.5, 0.6) is 5.75 Å². The van der Waals surface area contributed by atoms with Crippen molar-refractivity contribution in [3.63, 3.8) is 0 Å². The summed E-state index contributed by atoms with van der Waals surface area (Å²) in [7, 11) is -3.76. The Morgan fingerprint density at radius 1 is 1.04 bits per heavy atom. The van der Waals surface area contributed by atoms with Crippen LogP contribution < -0.4 is 4.74 Å². The Hall–Kier alpha value is -2.74. The van der Waals surface area contributed by atoms with E-state index in [0.29, 0.717) is 17.9 Å². The standard InChI is InChI=1S/C20H21FO6S/c1-3-26-17-8-4-15(5-9-17)20(23)14(2)27-19(22)12-13-28(24,25)18-10-6-16(21)7-11-18/h4-11,14H,3,12-13H2,1-2H3/t14-/m1/s1. The molecule has 0 saturated heterocycles. The molecule has 28 heavy (non-hydrogen) atoms. The third-order valence-electron chi connectivity index (χ3n) is 3.87. The largest absolute Gasteiger partial charge is 0.494 e. The molecule has 0 fully saturated rings. The zero-order valence-corrected chi connectivity index (χ0v) is 16.4. The lowest BCUT2D eigenvalue weighted by atomic mass is 10.1. The highest BCUT2D eigenvalue weighted by Crippen LogP contribution is 2.16. The Bertz CT molecular complexity index is 920. The van der Waals surface area contributed by atoms with Gasteiger partial charge in [-0.2, -0.15) is 0 Å². The predicted octanol–water partition coefficient (Wildman–Crippen LogP) is 3.20. The molecule has 150 valence electrons. The van der Waals surface area contributed by atoms with Gasteiger partial charge in [0.25, 0.3) is 0 Å². The number of esters is 1. The monoisotopic (exact) mass is 408 g/mol. The Balaban J connectivity index is 1.91. The summed E-state index contributed by atoms with van der Waals surface area (Å²) in [5.41, 5.74) is 0.350. The van der Waals surface area contributed by atoms with Crippen molar-refractivity contribution < 1.29 is 31.9 Å². The Kier molecular flexibility index (Phi) is 7.28. The van der Waals surface area contributed by atoms with Gasteiger partial charge in [0.15, 0.2) is 15.9 Å². The average Bonchev–Trinajstić information content (AvgIpc) is 2.67. The van der Waals surface area contributed by atoms with Crippen molar-refractivity contribution in [2.45, 2.75) is 31.3 Å². The molecule has 2 rings (SSSR count). The molecular formula is C20H21FO6S. The molecule has 0 bridgehead atoms. The maximum Gasteiger partial charge on any atom is 0.307 e. The van der Waals surface area contributed by atoms with Crippen LogP contribution in [0.15, 0.2) is 53.4 Å². The number of halogens is 1. The lowest BCUT2D eigenvalue weighted by Gasteiger charge is -2.13. The maximum absolute atomic E-state index is 12.9. The zero-order valence-electron chi connectivity index (χ0n) is 15.6. The van der Waals surface area contributed by atoms with Gasteiger partial charge >= 0.3 is 5.97 Å². The molecule has 0 spiro atoms. The van der Waals surface area contributed by atoms with Crippen molar-refractivity contribution in [2.24, 2.45) is 0 Å². The highest BCUT2D eigenvalue weighted by Gasteiger charge is 2.22. The molecule has 0 radical (unpaired) electrons. The summed E-state index contributed by atoms with van der Waals surface area (Å²) in [4.78, 5) is 24.2. The molecule has 8 heteroatoms. The third kappa shape index (κ3) is 5.88. The number of hydrogen-bond donors (Lipinski definition) is 0. The number of sulfone groups is 1. The summed E-state index contributed by atoms with van der Waals surface area (Å²) in [6.07, 6.45) is -1.47. The van der Waals surface area contributed by atoms with Gasteiger partial charge in [-0.05, 0) is 62.4 Å². The summed E-state index contributed by atoms with van der Waals surface area (Å²) in [5, 5.41) is 0. The number of carbonyl (C=O) groups is 2. The Morgan fingerprint density at radius 3 is 2.21 bits per heavy atom. The quantitative estimate of drug-likeness (QED) is 0.360. The van der Waals surface area contributed by atoms with Gasteiger partial charge in [0.05, 0.1) is 23.7 Å². The van der Waals surface area contributed by atoms with Crippen LogP contribution in [0.1, 0.15) is 30.6 Å². The zero-order chi connectivity index (χ0) is 20.7. The van der Waals surface area contributed by atoms with Crippen LogP contribution in [0.3, 0.4) is 0 Å². The number of benzene rings is 2. The molecule has 2 aromatic rings. The first-order chi connectivity index (χ1) is 13.2. The number of carbonyl (C=O) groups excluding carboxylic acids is 2. The second-order valence-corrected chi connectivity index (χ2v) is 8.09. The van der Waals surface area contributed by atoms with Crippen LogP contribution in [-0.2, 0) is 19.4 Å². The van der Waals surface area contributed by atoms with E-state index in [-0.39, 0.29) is 4.90 Å². The highest BCUT2D eigenvalue weighted by molar-refractivity contribution is 7.91. The molecule has 2 aromatic carbocycles. The van der Waals surface area contributed by atoms with Gasteiger partial charge in [-0.25, -0.2) is 12.8 Å². The first-order valence-electron chi connectivity index (χ1n) is 8.68. The molecular weight excluding hydrogens is 387 g/mol. The van der Waals surface area contributed by atoms with Crippen molar-refractivity contribution >= 4 is 21.6 Å². The molecule has 6 nitrogen and oxygen atoms in total. The van der Waals surface area contributed by atoms with Crippen LogP contribution in [0, 0.1) is 5.82 Å². The lowest BCUT2D eigenvalue weighted by molar-refractivity contribution is -0.145. The molecule has 1 atom stereocenters. The minimum Gasteiger partial charge on any atom is -0.494 e. The van der Waals surface area contributed by atoms with E-state index in [1.165, 1.54) is 6.92 Å². The molecule has 0 N–H and O–H groups in total. The van der Waals surface area contributed by atoms with Crippen molar-refractivity contribution in [2.75, 3.05) is 12.4 Å². The fourth-order valence-corrected chi connectivity index (χ4v) is 3.63. The van der Waals surface area contributed by atoms with E-state index in [4.69, 9.17) is 9.47 Å². The third-order valence-corrected chi connectivity index (χ3v) is 5.61. The van der Waals surface area contributed by atoms with Gasteiger partial charge in [-0.15, -0.1) is 0 Å². The number of ketones is 1. The minimum atomic E-state index is -3.76. The van der Waals surface area contributed by atoms with E-state index in [1.54, 1.807) is 24.3 Å². The molecule has 0 saturated carbocycles. The van der Waals surface area contributed by atoms with E-state index in [0.717, 1.165) is 24.3 Å². The number of Topliss-reactive ketones (excluding diaryl/α,β-unsaturated/α-hetero) is 1. The fourth-order valence-electron chi connectivity index (χ4n) is 2.40. The van der Waals surface area contributed by atoms with E-state index >= 15 is 0 Å². The summed E-state index contributed by atoms with van der Waals surface area (Å²) in [6, 6.07) is 10.7. The number of hydrogen-bond acceptors (Lipinski definition) is 6. The van der Waals surface area contributed by atoms with Crippen molar-refractivity contribution in [3.05, 3.63) is 59.9 Å². The molecule has 0 aromatic heterocycles. The smallest absolute Gasteiger partial charge is 0.307 e. The van der Waals surface area contributed by atoms with Crippen LogP contribution in [0.2, 0.25) is 0 Å². The molecule has 0 amide bonds. The van der Waals surface area contributed by atoms with E-state index in [2.05, 4.69) is 0 Å². The van der Waals surface area contributed by atoms with E-state index in [9.17, 15) is 22.4 Å². The highest BCUT2D eigenvalue weighted by atomic mass is 32.2. The average molecular weight is 408 g/mol. The topological polar surface area (TPSA) is 86.7 Å².